The van der Waals surface area contributed by atoms with Gasteiger partial charge in [-0.25, -0.2) is 0 Å². The maximum Gasteiger partial charge on any atom is 0.176 e. The third-order valence-corrected chi connectivity index (χ3v) is 10.8. The number of hydrogen-bond donors (Lipinski definition) is 0. The minimum absolute atomic E-state index is 0.125. The Bertz CT molecular complexity index is 1250. The van der Waals surface area contributed by atoms with Crippen molar-refractivity contribution in [2.45, 2.75) is 77.6 Å². The molecule has 200 valence electrons. The van der Waals surface area contributed by atoms with Crippen molar-refractivity contribution in [2.75, 3.05) is 31.7 Å². The van der Waals surface area contributed by atoms with E-state index < -0.39 is 5.41 Å². The second kappa shape index (κ2) is 9.83. The Hall–Kier alpha value is -2.64. The van der Waals surface area contributed by atoms with Crippen molar-refractivity contribution >= 4 is 17.3 Å². The van der Waals surface area contributed by atoms with Gasteiger partial charge in [-0.05, 0) is 110 Å². The molecular weight excluding hydrogens is 470 g/mol. The van der Waals surface area contributed by atoms with E-state index in [4.69, 9.17) is 4.74 Å². The Kier molecular flexibility index (Phi) is 6.63. The van der Waals surface area contributed by atoms with Crippen molar-refractivity contribution in [1.82, 2.24) is 0 Å². The second-order valence-corrected chi connectivity index (χ2v) is 12.5. The highest BCUT2D eigenvalue weighted by atomic mass is 16.5. The average Bonchev–Trinajstić information content (AvgIpc) is 3.56. The van der Waals surface area contributed by atoms with Crippen LogP contribution in [0.5, 0.6) is 0 Å². The monoisotopic (exact) mass is 511 g/mol. The van der Waals surface area contributed by atoms with Gasteiger partial charge in [-0.15, -0.1) is 5.92 Å². The molecular formula is C34H41NO3. The summed E-state index contributed by atoms with van der Waals surface area (Å²) in [6.07, 6.45) is 10.8. The molecule has 5 aliphatic rings. The van der Waals surface area contributed by atoms with Crippen molar-refractivity contribution in [1.29, 1.82) is 0 Å². The first-order chi connectivity index (χ1) is 18.4. The number of anilines is 1. The van der Waals surface area contributed by atoms with Gasteiger partial charge in [0.25, 0.3) is 0 Å². The molecule has 1 saturated heterocycles. The normalized spacial score (nSPS) is 34.2. The molecule has 3 fully saturated rings. The molecule has 1 aromatic carbocycles. The predicted octanol–water partition coefficient (Wildman–Crippen LogP) is 6.41. The van der Waals surface area contributed by atoms with Crippen LogP contribution in [0.2, 0.25) is 0 Å². The second-order valence-electron chi connectivity index (χ2n) is 12.5. The lowest BCUT2D eigenvalue weighted by atomic mass is 9.48. The van der Waals surface area contributed by atoms with E-state index in [9.17, 15) is 9.59 Å². The molecule has 4 heteroatoms. The molecule has 0 N–H and O–H groups in total. The zero-order chi connectivity index (χ0) is 26.5. The first-order valence-electron chi connectivity index (χ1n) is 14.7. The number of rotatable bonds is 5. The van der Waals surface area contributed by atoms with Crippen LogP contribution >= 0.6 is 0 Å². The largest absolute Gasteiger partial charge is 0.377 e. The van der Waals surface area contributed by atoms with Gasteiger partial charge in [0.05, 0.1) is 5.41 Å². The van der Waals surface area contributed by atoms with Crippen molar-refractivity contribution < 1.29 is 14.3 Å². The number of carbonyl (C=O) groups is 2. The smallest absolute Gasteiger partial charge is 0.176 e. The predicted molar refractivity (Wildman–Crippen MR) is 151 cm³/mol. The van der Waals surface area contributed by atoms with E-state index >= 15 is 0 Å². The highest BCUT2D eigenvalue weighted by molar-refractivity contribution is 5.93. The number of ketones is 2. The number of methoxy groups -OCH3 is 1. The zero-order valence-electron chi connectivity index (χ0n) is 23.3. The van der Waals surface area contributed by atoms with Gasteiger partial charge in [0.1, 0.15) is 6.61 Å². The van der Waals surface area contributed by atoms with Crippen molar-refractivity contribution in [3.63, 3.8) is 0 Å². The maximum absolute atomic E-state index is 13.8. The molecule has 0 amide bonds. The number of ether oxygens (including phenoxy) is 1. The summed E-state index contributed by atoms with van der Waals surface area (Å²) < 4.78 is 5.40. The van der Waals surface area contributed by atoms with Crippen LogP contribution in [0.4, 0.5) is 5.69 Å². The summed E-state index contributed by atoms with van der Waals surface area (Å²) in [4.78, 5) is 28.6. The van der Waals surface area contributed by atoms with Crippen LogP contribution in [0.15, 0.2) is 47.1 Å². The Balaban J connectivity index is 1.48. The molecule has 1 heterocycles. The minimum Gasteiger partial charge on any atom is -0.377 e. The van der Waals surface area contributed by atoms with Gasteiger partial charge in [-0.1, -0.05) is 30.6 Å². The van der Waals surface area contributed by atoms with E-state index in [1.54, 1.807) is 12.7 Å². The fraction of sp³-hybridized carbons (Fsp3) is 0.588. The van der Waals surface area contributed by atoms with Gasteiger partial charge in [-0.3, -0.25) is 9.59 Å². The molecule has 2 saturated carbocycles. The van der Waals surface area contributed by atoms with E-state index in [1.807, 2.05) is 13.0 Å². The summed E-state index contributed by atoms with van der Waals surface area (Å²) in [6, 6.07) is 9.31. The minimum atomic E-state index is -0.662. The Labute approximate surface area is 227 Å². The molecule has 0 radical (unpaired) electrons. The van der Waals surface area contributed by atoms with Crippen LogP contribution in [0.25, 0.3) is 0 Å². The molecule has 0 bridgehead atoms. The van der Waals surface area contributed by atoms with Crippen LogP contribution in [0.3, 0.4) is 0 Å². The highest BCUT2D eigenvalue weighted by Gasteiger charge is 2.65. The van der Waals surface area contributed by atoms with Crippen LogP contribution in [0.1, 0.15) is 83.1 Å². The van der Waals surface area contributed by atoms with Gasteiger partial charge in [0.2, 0.25) is 0 Å². The lowest BCUT2D eigenvalue weighted by Crippen LogP contribution is -2.51. The number of allylic oxidation sites excluding steroid dienone is 4. The standard InChI is InChI=1S/C34H41NO3/c1-4-16-34(31(37)22-38-3)17-15-30-28-13-9-24-20-26(36)12-14-27(24)32(28)29(21-33(30,34)2)23-7-10-25(11-8-23)35-18-5-6-19-35/h7-8,10-11,20,28-30H,5-6,9,12-15,17-19,21-22H2,1-3H3/t28-,29+,30-,33-,34+/m0/s1. The summed E-state index contributed by atoms with van der Waals surface area (Å²) in [5.74, 6) is 8.20. The molecule has 0 unspecified atom stereocenters. The molecule has 4 nitrogen and oxygen atoms in total. The molecule has 4 aliphatic carbocycles. The topological polar surface area (TPSA) is 46.6 Å². The van der Waals surface area contributed by atoms with Gasteiger partial charge < -0.3 is 9.64 Å². The third-order valence-electron chi connectivity index (χ3n) is 10.8. The van der Waals surface area contributed by atoms with Gasteiger partial charge in [-0.2, -0.15) is 0 Å². The number of Topliss-reactive ketones (excluding diaryl/α,β-unsaturated/α-hetero) is 1. The van der Waals surface area contributed by atoms with E-state index in [0.29, 0.717) is 18.3 Å². The molecule has 38 heavy (non-hydrogen) atoms. The van der Waals surface area contributed by atoms with Crippen molar-refractivity contribution in [3.8, 4) is 11.8 Å². The summed E-state index contributed by atoms with van der Waals surface area (Å²) in [5, 5.41) is 0. The molecule has 5 atom stereocenters. The van der Waals surface area contributed by atoms with Crippen molar-refractivity contribution in [2.24, 2.45) is 22.7 Å². The summed E-state index contributed by atoms with van der Waals surface area (Å²) in [5.41, 5.74) is 6.10. The SMILES string of the molecule is CC#C[C@]1(C(=O)COC)CC[C@H]2[C@@H]3CCC4=CC(=O)CCC4=C3[C@@H](c3ccc(N4CCCC4)cc3)C[C@@]21C. The number of benzene rings is 1. The molecule has 1 aliphatic heterocycles. The number of nitrogens with zero attached hydrogens (tertiary/aromatic N) is 1. The highest BCUT2D eigenvalue weighted by Crippen LogP contribution is 2.69. The lowest BCUT2D eigenvalue weighted by Gasteiger charge is -2.54. The van der Waals surface area contributed by atoms with E-state index in [0.717, 1.165) is 51.6 Å². The average molecular weight is 512 g/mol. The summed E-state index contributed by atoms with van der Waals surface area (Å²) >= 11 is 0. The summed E-state index contributed by atoms with van der Waals surface area (Å²) in [7, 11) is 1.62. The van der Waals surface area contributed by atoms with Crippen molar-refractivity contribution in [3.05, 3.63) is 52.6 Å². The van der Waals surface area contributed by atoms with E-state index in [1.165, 1.54) is 35.2 Å². The van der Waals surface area contributed by atoms with Gasteiger partial charge >= 0.3 is 0 Å². The molecule has 0 spiro atoms. The lowest BCUT2D eigenvalue weighted by molar-refractivity contribution is -0.136. The number of fused-ring (bicyclic) bond motifs is 4. The van der Waals surface area contributed by atoms with E-state index in [2.05, 4.69) is 47.9 Å². The number of hydrogen-bond acceptors (Lipinski definition) is 4. The zero-order valence-corrected chi connectivity index (χ0v) is 23.3. The van der Waals surface area contributed by atoms with Gasteiger partial charge in [0.15, 0.2) is 11.6 Å². The first kappa shape index (κ1) is 25.6. The van der Waals surface area contributed by atoms with E-state index in [-0.39, 0.29) is 29.5 Å². The Morgan fingerprint density at radius 2 is 1.87 bits per heavy atom. The number of carbonyl (C=O) groups excluding carboxylic acids is 2. The van der Waals surface area contributed by atoms with Crippen LogP contribution in [0, 0.1) is 34.5 Å². The van der Waals surface area contributed by atoms with Crippen LogP contribution in [-0.2, 0) is 14.3 Å². The van der Waals surface area contributed by atoms with Crippen LogP contribution in [-0.4, -0.2) is 38.4 Å². The molecule has 1 aromatic rings. The first-order valence-corrected chi connectivity index (χ1v) is 14.7. The fourth-order valence-corrected chi connectivity index (χ4v) is 9.08. The molecule has 0 aromatic heterocycles. The Morgan fingerprint density at radius 3 is 2.58 bits per heavy atom. The third kappa shape index (κ3) is 3.84. The fourth-order valence-electron chi connectivity index (χ4n) is 9.08. The Morgan fingerprint density at radius 1 is 1.11 bits per heavy atom. The quantitative estimate of drug-likeness (QED) is 0.429. The van der Waals surface area contributed by atoms with Gasteiger partial charge in [0, 0.05) is 38.2 Å². The maximum atomic E-state index is 13.8. The molecule has 6 rings (SSSR count). The van der Waals surface area contributed by atoms with Crippen LogP contribution < -0.4 is 4.90 Å². The summed E-state index contributed by atoms with van der Waals surface area (Å²) in [6.45, 7) is 6.65.